The summed E-state index contributed by atoms with van der Waals surface area (Å²) in [6.07, 6.45) is 8.57. The number of H-pyrrole nitrogens is 1. The Hall–Kier alpha value is -2.67. The number of hydrogen-bond donors (Lipinski definition) is 2. The van der Waals surface area contributed by atoms with E-state index < -0.39 is 0 Å². The van der Waals surface area contributed by atoms with Crippen molar-refractivity contribution in [2.24, 2.45) is 0 Å². The van der Waals surface area contributed by atoms with Gasteiger partial charge in [-0.15, -0.1) is 0 Å². The van der Waals surface area contributed by atoms with Gasteiger partial charge in [-0.1, -0.05) is 0 Å². The van der Waals surface area contributed by atoms with Crippen LogP contribution in [0.2, 0.25) is 0 Å². The minimum Gasteiger partial charge on any atom is -0.340 e. The minimum absolute atomic E-state index is 0.550. The van der Waals surface area contributed by atoms with Crippen molar-refractivity contribution in [3.8, 4) is 0 Å². The van der Waals surface area contributed by atoms with Gasteiger partial charge in [0.15, 0.2) is 0 Å². The Morgan fingerprint density at radius 1 is 1.15 bits per heavy atom. The molecule has 2 atom stereocenters. The fourth-order valence-corrected chi connectivity index (χ4v) is 4.61. The van der Waals surface area contributed by atoms with Crippen LogP contribution in [0, 0.1) is 0 Å². The van der Waals surface area contributed by atoms with Crippen molar-refractivity contribution in [2.75, 3.05) is 24.3 Å². The lowest BCUT2D eigenvalue weighted by atomic mass is 9.97. The lowest BCUT2D eigenvalue weighted by Gasteiger charge is -2.41. The summed E-state index contributed by atoms with van der Waals surface area (Å²) >= 11 is 0. The molecule has 2 fully saturated rings. The molecule has 2 aliphatic heterocycles. The van der Waals surface area contributed by atoms with Crippen LogP contribution in [0.25, 0.3) is 10.9 Å². The molecule has 0 spiro atoms. The number of nitrogens with one attached hydrogen (secondary N) is 2. The van der Waals surface area contributed by atoms with Crippen LogP contribution in [0.1, 0.15) is 25.7 Å². The van der Waals surface area contributed by atoms with Crippen LogP contribution in [0.4, 0.5) is 17.5 Å². The molecule has 4 heterocycles. The van der Waals surface area contributed by atoms with Crippen molar-refractivity contribution in [3.05, 3.63) is 36.7 Å². The van der Waals surface area contributed by atoms with Crippen molar-refractivity contribution in [1.29, 1.82) is 0 Å². The van der Waals surface area contributed by atoms with E-state index in [2.05, 4.69) is 50.5 Å². The van der Waals surface area contributed by atoms with Gasteiger partial charge >= 0.3 is 0 Å². The minimum atomic E-state index is 0.550. The summed E-state index contributed by atoms with van der Waals surface area (Å²) in [6.45, 7) is 0. The summed E-state index contributed by atoms with van der Waals surface area (Å²) in [5, 5.41) is 11.6. The molecule has 2 bridgehead atoms. The Morgan fingerprint density at radius 2 is 1.96 bits per heavy atom. The molecule has 2 aromatic heterocycles. The molecule has 1 aromatic carbocycles. The number of rotatable bonds is 4. The van der Waals surface area contributed by atoms with Gasteiger partial charge < -0.3 is 15.1 Å². The Balaban J connectivity index is 1.38. The zero-order valence-corrected chi connectivity index (χ0v) is 15.8. The van der Waals surface area contributed by atoms with Crippen molar-refractivity contribution in [1.82, 2.24) is 25.1 Å². The smallest absolute Gasteiger partial charge is 0.227 e. The first-order valence-electron chi connectivity index (χ1n) is 9.65. The number of hydrogen-bond acceptors (Lipinski definition) is 6. The predicted molar refractivity (Wildman–Crippen MR) is 107 cm³/mol. The van der Waals surface area contributed by atoms with E-state index in [9.17, 15) is 0 Å². The summed E-state index contributed by atoms with van der Waals surface area (Å²) in [6, 6.07) is 9.84. The molecule has 2 unspecified atom stereocenters. The Morgan fingerprint density at radius 3 is 2.74 bits per heavy atom. The van der Waals surface area contributed by atoms with Crippen LogP contribution >= 0.6 is 0 Å². The molecule has 2 saturated heterocycles. The number of aromatic amines is 1. The molecule has 2 N–H and O–H groups in total. The zero-order valence-electron chi connectivity index (χ0n) is 15.8. The Bertz CT molecular complexity index is 936. The van der Waals surface area contributed by atoms with Crippen molar-refractivity contribution < 1.29 is 0 Å². The molecule has 0 aliphatic carbocycles. The molecule has 2 aliphatic rings. The second-order valence-corrected chi connectivity index (χ2v) is 7.92. The largest absolute Gasteiger partial charge is 0.340 e. The standard InChI is InChI=1S/C20H25N7/c1-26(2)17-10-15-4-5-16(11-17)27(15)20-21-8-7-19(24-20)23-14-3-6-18-13(9-14)12-22-25-18/h3,6-9,12,15-17H,4-5,10-11H2,1-2H3,(H,22,25)(H,21,23,24). The number of benzene rings is 1. The fraction of sp³-hybridized carbons (Fsp3) is 0.450. The second kappa shape index (κ2) is 6.49. The molecule has 0 saturated carbocycles. The number of nitrogens with zero attached hydrogens (tertiary/aromatic N) is 5. The third-order valence-electron chi connectivity index (χ3n) is 6.02. The topological polar surface area (TPSA) is 73.0 Å². The van der Waals surface area contributed by atoms with E-state index in [4.69, 9.17) is 4.98 Å². The quantitative estimate of drug-likeness (QED) is 0.742. The highest BCUT2D eigenvalue weighted by Gasteiger charge is 2.42. The van der Waals surface area contributed by atoms with Crippen LogP contribution in [-0.4, -0.2) is 57.3 Å². The summed E-state index contributed by atoms with van der Waals surface area (Å²) in [7, 11) is 4.38. The summed E-state index contributed by atoms with van der Waals surface area (Å²) < 4.78 is 0. The van der Waals surface area contributed by atoms with Crippen LogP contribution in [-0.2, 0) is 0 Å². The van der Waals surface area contributed by atoms with Gasteiger partial charge in [-0.05, 0) is 64.0 Å². The van der Waals surface area contributed by atoms with E-state index in [0.29, 0.717) is 18.1 Å². The van der Waals surface area contributed by atoms with E-state index in [1.165, 1.54) is 25.7 Å². The molecule has 5 rings (SSSR count). The van der Waals surface area contributed by atoms with Gasteiger partial charge in [0.1, 0.15) is 5.82 Å². The maximum atomic E-state index is 4.84. The first-order valence-corrected chi connectivity index (χ1v) is 9.65. The lowest BCUT2D eigenvalue weighted by Crippen LogP contribution is -2.49. The molecular formula is C20H25N7. The number of fused-ring (bicyclic) bond motifs is 3. The SMILES string of the molecule is CN(C)C1CC2CCC(C1)N2c1nccc(Nc2ccc3[nH]ncc3c2)n1. The number of anilines is 3. The first kappa shape index (κ1) is 16.5. The number of piperidine rings is 1. The van der Waals surface area contributed by atoms with Crippen LogP contribution in [0.3, 0.4) is 0 Å². The molecule has 0 amide bonds. The van der Waals surface area contributed by atoms with E-state index in [1.807, 2.05) is 30.6 Å². The van der Waals surface area contributed by atoms with E-state index in [1.54, 1.807) is 0 Å². The van der Waals surface area contributed by atoms with Gasteiger partial charge in [-0.25, -0.2) is 4.98 Å². The van der Waals surface area contributed by atoms with Crippen LogP contribution in [0.15, 0.2) is 36.7 Å². The second-order valence-electron chi connectivity index (χ2n) is 7.92. The van der Waals surface area contributed by atoms with Gasteiger partial charge in [0, 0.05) is 35.4 Å². The Labute approximate surface area is 158 Å². The van der Waals surface area contributed by atoms with Gasteiger partial charge in [0.25, 0.3) is 0 Å². The van der Waals surface area contributed by atoms with Gasteiger partial charge in [0.05, 0.1) is 11.7 Å². The van der Waals surface area contributed by atoms with Crippen LogP contribution < -0.4 is 10.2 Å². The van der Waals surface area contributed by atoms with E-state index in [-0.39, 0.29) is 0 Å². The lowest BCUT2D eigenvalue weighted by molar-refractivity contribution is 0.221. The highest BCUT2D eigenvalue weighted by atomic mass is 15.3. The van der Waals surface area contributed by atoms with Gasteiger partial charge in [0.2, 0.25) is 5.95 Å². The van der Waals surface area contributed by atoms with Crippen LogP contribution in [0.5, 0.6) is 0 Å². The molecule has 7 heteroatoms. The number of aromatic nitrogens is 4. The maximum Gasteiger partial charge on any atom is 0.227 e. The highest BCUT2D eigenvalue weighted by Crippen LogP contribution is 2.39. The normalized spacial score (nSPS) is 24.7. The van der Waals surface area contributed by atoms with Gasteiger partial charge in [-0.3, -0.25) is 5.10 Å². The first-order chi connectivity index (χ1) is 13.2. The molecule has 27 heavy (non-hydrogen) atoms. The average molecular weight is 363 g/mol. The molecule has 7 nitrogen and oxygen atoms in total. The molecule has 140 valence electrons. The highest BCUT2D eigenvalue weighted by molar-refractivity contribution is 5.82. The fourth-order valence-electron chi connectivity index (χ4n) is 4.61. The third-order valence-corrected chi connectivity index (χ3v) is 6.02. The monoisotopic (exact) mass is 363 g/mol. The molecule has 3 aromatic rings. The Kier molecular flexibility index (Phi) is 3.97. The van der Waals surface area contributed by atoms with E-state index >= 15 is 0 Å². The molecular weight excluding hydrogens is 338 g/mol. The average Bonchev–Trinajstić information content (AvgIpc) is 3.23. The third kappa shape index (κ3) is 3.02. The van der Waals surface area contributed by atoms with Crippen molar-refractivity contribution in [2.45, 2.75) is 43.8 Å². The van der Waals surface area contributed by atoms with E-state index in [0.717, 1.165) is 28.4 Å². The summed E-state index contributed by atoms with van der Waals surface area (Å²) in [5.41, 5.74) is 2.03. The van der Waals surface area contributed by atoms with Crippen molar-refractivity contribution in [3.63, 3.8) is 0 Å². The zero-order chi connectivity index (χ0) is 18.4. The molecule has 0 radical (unpaired) electrons. The van der Waals surface area contributed by atoms with Crippen molar-refractivity contribution >= 4 is 28.4 Å². The summed E-state index contributed by atoms with van der Waals surface area (Å²) in [4.78, 5) is 14.3. The van der Waals surface area contributed by atoms with Gasteiger partial charge in [-0.2, -0.15) is 10.1 Å². The predicted octanol–water partition coefficient (Wildman–Crippen LogP) is 3.16. The summed E-state index contributed by atoms with van der Waals surface area (Å²) in [5.74, 6) is 1.69. The maximum absolute atomic E-state index is 4.84.